The first-order valence-electron chi connectivity index (χ1n) is 15.6. The molecule has 2 nitrogen and oxygen atoms in total. The second-order valence-corrected chi connectivity index (χ2v) is 12.2. The maximum Gasteiger partial charge on any atom is 0.173 e. The molecule has 0 saturated heterocycles. The van der Waals surface area contributed by atoms with Crippen molar-refractivity contribution in [3.8, 4) is 0 Å². The Hall–Kier alpha value is -4.95. The molecule has 0 fully saturated rings. The first kappa shape index (κ1) is 27.9. The predicted molar refractivity (Wildman–Crippen MR) is 183 cm³/mol. The smallest absolute Gasteiger partial charge is 0.173 e. The molecule has 5 aromatic rings. The van der Waals surface area contributed by atoms with Crippen LogP contribution >= 0.6 is 0 Å². The number of hydrogen-bond donors (Lipinski definition) is 0. The van der Waals surface area contributed by atoms with Crippen molar-refractivity contribution in [1.82, 2.24) is 0 Å². The molecule has 7 rings (SSSR count). The number of allylic oxidation sites excluding steroid dienone is 2. The minimum Gasteiger partial charge on any atom is -0.360 e. The van der Waals surface area contributed by atoms with Crippen molar-refractivity contribution >= 4 is 22.6 Å². The zero-order valence-corrected chi connectivity index (χ0v) is 25.4. The third-order valence-electron chi connectivity index (χ3n) is 9.81. The molecule has 3 atom stereocenters. The minimum atomic E-state index is -0.695. The Kier molecular flexibility index (Phi) is 7.14. The summed E-state index contributed by atoms with van der Waals surface area (Å²) >= 11 is 0. The van der Waals surface area contributed by atoms with E-state index in [9.17, 15) is 0 Å². The van der Waals surface area contributed by atoms with E-state index in [2.05, 4.69) is 140 Å². The normalized spacial score (nSPS) is 22.3. The highest BCUT2D eigenvalue weighted by atomic mass is 16.1. The van der Waals surface area contributed by atoms with Crippen LogP contribution in [0.5, 0.6) is 0 Å². The lowest BCUT2D eigenvalue weighted by molar-refractivity contribution is 0.0876. The van der Waals surface area contributed by atoms with Gasteiger partial charge in [0.2, 0.25) is 0 Å². The van der Waals surface area contributed by atoms with Gasteiger partial charge in [0.1, 0.15) is 0 Å². The Labute approximate surface area is 261 Å². The molecule has 0 radical (unpaired) electrons. The summed E-state index contributed by atoms with van der Waals surface area (Å²) in [7, 11) is 0. The number of rotatable bonds is 7. The molecule has 1 aliphatic heterocycles. The highest BCUT2D eigenvalue weighted by molar-refractivity contribution is 6.10. The first-order chi connectivity index (χ1) is 21.6. The number of carbonyl (C=O) groups excluding carboxylic acids is 1. The largest absolute Gasteiger partial charge is 0.360 e. The second kappa shape index (κ2) is 11.3. The third kappa shape index (κ3) is 4.36. The van der Waals surface area contributed by atoms with Crippen LogP contribution in [-0.2, 0) is 11.8 Å². The minimum absolute atomic E-state index is 0.148. The molecule has 0 amide bonds. The molecule has 1 spiro atoms. The summed E-state index contributed by atoms with van der Waals surface area (Å²) in [5.74, 6) is -0.310. The number of para-hydroxylation sites is 1. The molecule has 1 heterocycles. The van der Waals surface area contributed by atoms with E-state index in [0.29, 0.717) is 0 Å². The molecule has 2 heteroatoms. The van der Waals surface area contributed by atoms with E-state index in [1.54, 1.807) is 0 Å². The molecular weight excluding hydrogens is 534 g/mol. The number of likely N-dealkylation sites (N-methyl/N-ethyl adjacent to an activating group) is 1. The van der Waals surface area contributed by atoms with E-state index >= 15 is 4.79 Å². The standard InChI is InChI=1S/C42H37NO/c1-3-43-38-27-17-16-26-37(38)41(2,29-31-18-8-4-9-19-31)42(43)30-35(32-20-10-5-11-21-32)28-36(33-22-12-6-13-23-33)39(42)40(44)34-24-14-7-15-25-34/h4-28,30,39H,3,29H2,1-2H3/t39-,41-,42-/m0/s1. The van der Waals surface area contributed by atoms with Crippen LogP contribution in [0, 0.1) is 5.92 Å². The summed E-state index contributed by atoms with van der Waals surface area (Å²) in [6.45, 7) is 5.39. The van der Waals surface area contributed by atoms with Crippen LogP contribution in [0.25, 0.3) is 11.1 Å². The number of anilines is 1. The van der Waals surface area contributed by atoms with Gasteiger partial charge in [-0.1, -0.05) is 146 Å². The molecule has 0 bridgehead atoms. The Morgan fingerprint density at radius 3 is 1.86 bits per heavy atom. The van der Waals surface area contributed by atoms with Crippen LogP contribution in [0.3, 0.4) is 0 Å². The highest BCUT2D eigenvalue weighted by Gasteiger charge is 2.64. The zero-order valence-electron chi connectivity index (χ0n) is 25.4. The Bertz CT molecular complexity index is 1840. The predicted octanol–water partition coefficient (Wildman–Crippen LogP) is 9.45. The van der Waals surface area contributed by atoms with Crippen molar-refractivity contribution in [2.45, 2.75) is 31.2 Å². The van der Waals surface area contributed by atoms with Crippen molar-refractivity contribution in [1.29, 1.82) is 0 Å². The fourth-order valence-corrected chi connectivity index (χ4v) is 7.91. The lowest BCUT2D eigenvalue weighted by Gasteiger charge is -2.54. The molecule has 216 valence electrons. The molecule has 2 aliphatic rings. The third-order valence-corrected chi connectivity index (χ3v) is 9.81. The average Bonchev–Trinajstić information content (AvgIpc) is 3.28. The van der Waals surface area contributed by atoms with Gasteiger partial charge in [0, 0.05) is 23.2 Å². The van der Waals surface area contributed by atoms with Gasteiger partial charge in [-0.3, -0.25) is 4.79 Å². The maximum atomic E-state index is 15.2. The van der Waals surface area contributed by atoms with Crippen molar-refractivity contribution < 1.29 is 4.79 Å². The maximum absolute atomic E-state index is 15.2. The van der Waals surface area contributed by atoms with Crippen LogP contribution in [0.1, 0.15) is 46.5 Å². The molecular formula is C42H37NO. The zero-order chi connectivity index (χ0) is 30.1. The van der Waals surface area contributed by atoms with Gasteiger partial charge in [0.15, 0.2) is 5.78 Å². The number of benzene rings is 5. The first-order valence-corrected chi connectivity index (χ1v) is 15.6. The van der Waals surface area contributed by atoms with E-state index in [1.807, 2.05) is 36.4 Å². The van der Waals surface area contributed by atoms with Crippen molar-refractivity contribution in [3.63, 3.8) is 0 Å². The molecule has 44 heavy (non-hydrogen) atoms. The number of fused-ring (bicyclic) bond motifs is 1. The number of hydrogen-bond acceptors (Lipinski definition) is 2. The van der Waals surface area contributed by atoms with Gasteiger partial charge in [-0.05, 0) is 65.0 Å². The van der Waals surface area contributed by atoms with Crippen LogP contribution in [0.4, 0.5) is 5.69 Å². The molecule has 0 aromatic heterocycles. The summed E-state index contributed by atoms with van der Waals surface area (Å²) in [5, 5.41) is 0. The summed E-state index contributed by atoms with van der Waals surface area (Å²) in [6, 6.07) is 50.7. The van der Waals surface area contributed by atoms with Crippen LogP contribution in [0.15, 0.2) is 158 Å². The van der Waals surface area contributed by atoms with Gasteiger partial charge in [0.25, 0.3) is 0 Å². The van der Waals surface area contributed by atoms with E-state index in [4.69, 9.17) is 0 Å². The number of carbonyl (C=O) groups is 1. The Balaban J connectivity index is 1.59. The monoisotopic (exact) mass is 571 g/mol. The van der Waals surface area contributed by atoms with E-state index in [1.165, 1.54) is 16.8 Å². The van der Waals surface area contributed by atoms with Gasteiger partial charge in [-0.15, -0.1) is 0 Å². The van der Waals surface area contributed by atoms with E-state index < -0.39 is 16.9 Å². The molecule has 0 unspecified atom stereocenters. The van der Waals surface area contributed by atoms with Crippen molar-refractivity contribution in [3.05, 3.63) is 186 Å². The number of Topliss-reactive ketones (excluding diaryl/α,β-unsaturated/α-hetero) is 1. The average molecular weight is 572 g/mol. The summed E-state index contributed by atoms with van der Waals surface area (Å²) in [5.41, 5.74) is 7.80. The fraction of sp³-hybridized carbons (Fsp3) is 0.167. The molecule has 5 aromatic carbocycles. The Morgan fingerprint density at radius 2 is 1.23 bits per heavy atom. The van der Waals surface area contributed by atoms with Gasteiger partial charge in [-0.2, -0.15) is 0 Å². The Morgan fingerprint density at radius 1 is 0.682 bits per heavy atom. The quantitative estimate of drug-likeness (QED) is 0.181. The molecule has 1 aliphatic carbocycles. The van der Waals surface area contributed by atoms with Crippen molar-refractivity contribution in [2.24, 2.45) is 5.92 Å². The van der Waals surface area contributed by atoms with E-state index in [0.717, 1.165) is 40.8 Å². The number of ketones is 1. The summed E-state index contributed by atoms with van der Waals surface area (Å²) in [4.78, 5) is 17.8. The van der Waals surface area contributed by atoms with Crippen LogP contribution < -0.4 is 4.90 Å². The molecule has 0 saturated carbocycles. The second-order valence-electron chi connectivity index (χ2n) is 12.2. The van der Waals surface area contributed by atoms with Gasteiger partial charge in [-0.25, -0.2) is 0 Å². The number of nitrogens with zero attached hydrogens (tertiary/aromatic N) is 1. The summed E-state index contributed by atoms with van der Waals surface area (Å²) in [6.07, 6.45) is 5.52. The SMILES string of the molecule is CCN1c2ccccc2[C@](C)(Cc2ccccc2)[C@@]12C=C(c1ccccc1)C=C(c1ccccc1)[C@H]2C(=O)c1ccccc1. The summed E-state index contributed by atoms with van der Waals surface area (Å²) < 4.78 is 0. The lowest BCUT2D eigenvalue weighted by Crippen LogP contribution is -2.64. The van der Waals surface area contributed by atoms with Crippen LogP contribution in [-0.4, -0.2) is 17.9 Å². The van der Waals surface area contributed by atoms with E-state index in [-0.39, 0.29) is 5.78 Å². The van der Waals surface area contributed by atoms with Crippen LogP contribution in [0.2, 0.25) is 0 Å². The topological polar surface area (TPSA) is 20.3 Å². The van der Waals surface area contributed by atoms with Gasteiger partial charge in [0.05, 0.1) is 11.5 Å². The molecule has 0 N–H and O–H groups in total. The van der Waals surface area contributed by atoms with Gasteiger partial charge >= 0.3 is 0 Å². The fourth-order valence-electron chi connectivity index (χ4n) is 7.91. The van der Waals surface area contributed by atoms with Gasteiger partial charge < -0.3 is 4.90 Å². The van der Waals surface area contributed by atoms with Crippen molar-refractivity contribution in [2.75, 3.05) is 11.4 Å². The lowest BCUT2D eigenvalue weighted by atomic mass is 9.54. The highest BCUT2D eigenvalue weighted by Crippen LogP contribution is 2.62.